The number of rotatable bonds is 7. The highest BCUT2D eigenvalue weighted by Gasteiger charge is 2.27. The van der Waals surface area contributed by atoms with E-state index in [-0.39, 0.29) is 6.04 Å². The molecule has 0 aromatic heterocycles. The molecule has 0 aliphatic heterocycles. The molecule has 0 amide bonds. The molecule has 1 fully saturated rings. The van der Waals surface area contributed by atoms with Crippen LogP contribution in [0.5, 0.6) is 0 Å². The fourth-order valence-corrected chi connectivity index (χ4v) is 4.44. The molecule has 0 heterocycles. The highest BCUT2D eigenvalue weighted by molar-refractivity contribution is 7.89. The largest absolute Gasteiger partial charge is 0.240 e. The number of benzene rings is 1. The van der Waals surface area contributed by atoms with Crippen molar-refractivity contribution in [1.82, 2.24) is 4.72 Å². The van der Waals surface area contributed by atoms with Crippen LogP contribution in [-0.4, -0.2) is 14.5 Å². The van der Waals surface area contributed by atoms with Crippen molar-refractivity contribution < 1.29 is 8.42 Å². The second-order valence-corrected chi connectivity index (χ2v) is 8.27. The molecule has 128 valence electrons. The van der Waals surface area contributed by atoms with Gasteiger partial charge in [0.1, 0.15) is 0 Å². The van der Waals surface area contributed by atoms with Crippen molar-refractivity contribution in [3.63, 3.8) is 0 Å². The molecule has 1 saturated carbocycles. The minimum absolute atomic E-state index is 0.0212. The Morgan fingerprint density at radius 1 is 1.17 bits per heavy atom. The van der Waals surface area contributed by atoms with Crippen LogP contribution in [0.3, 0.4) is 0 Å². The normalized spacial score (nSPS) is 22.5. The van der Waals surface area contributed by atoms with Gasteiger partial charge in [0.25, 0.3) is 0 Å². The number of sulfonamides is 1. The number of hydrogen-bond donors (Lipinski definition) is 1. The average Bonchev–Trinajstić information content (AvgIpc) is 2.53. The lowest BCUT2D eigenvalue weighted by atomic mass is 9.85. The van der Waals surface area contributed by atoms with Crippen molar-refractivity contribution in [2.75, 3.05) is 0 Å². The van der Waals surface area contributed by atoms with Gasteiger partial charge in [-0.1, -0.05) is 62.5 Å². The molecule has 23 heavy (non-hydrogen) atoms. The molecule has 1 aromatic rings. The summed E-state index contributed by atoms with van der Waals surface area (Å²) in [4.78, 5) is 0.363. The van der Waals surface area contributed by atoms with Crippen LogP contribution in [0, 0.1) is 12.8 Å². The average molecular weight is 336 g/mol. The molecule has 3 nitrogen and oxygen atoms in total. The van der Waals surface area contributed by atoms with E-state index in [0.29, 0.717) is 10.8 Å². The molecule has 2 atom stereocenters. The van der Waals surface area contributed by atoms with Crippen LogP contribution in [0.15, 0.2) is 41.3 Å². The topological polar surface area (TPSA) is 46.2 Å². The Bertz CT molecular complexity index is 605. The number of hydrogen-bond acceptors (Lipinski definition) is 2. The summed E-state index contributed by atoms with van der Waals surface area (Å²) in [6, 6.07) is 7.09. The van der Waals surface area contributed by atoms with E-state index < -0.39 is 10.0 Å². The van der Waals surface area contributed by atoms with E-state index in [4.69, 9.17) is 0 Å². The Balaban J connectivity index is 2.05. The molecule has 1 aromatic carbocycles. The van der Waals surface area contributed by atoms with Gasteiger partial charge in [0.2, 0.25) is 10.0 Å². The first-order chi connectivity index (χ1) is 11.0. The van der Waals surface area contributed by atoms with E-state index in [2.05, 4.69) is 23.8 Å². The van der Waals surface area contributed by atoms with E-state index in [1.807, 2.05) is 19.1 Å². The van der Waals surface area contributed by atoms with E-state index in [9.17, 15) is 8.42 Å². The van der Waals surface area contributed by atoms with Crippen molar-refractivity contribution in [3.05, 3.63) is 42.0 Å². The van der Waals surface area contributed by atoms with Crippen LogP contribution in [0.2, 0.25) is 0 Å². The Morgan fingerprint density at radius 3 is 2.57 bits per heavy atom. The Morgan fingerprint density at radius 2 is 1.87 bits per heavy atom. The zero-order chi connectivity index (χ0) is 16.7. The van der Waals surface area contributed by atoms with Gasteiger partial charge in [0.15, 0.2) is 0 Å². The third kappa shape index (κ3) is 5.47. The second-order valence-electron chi connectivity index (χ2n) is 6.56. The lowest BCUT2D eigenvalue weighted by molar-refractivity contribution is 0.338. The van der Waals surface area contributed by atoms with Gasteiger partial charge in [-0.25, -0.2) is 13.1 Å². The third-order valence-corrected chi connectivity index (χ3v) is 6.07. The summed E-state index contributed by atoms with van der Waals surface area (Å²) in [7, 11) is -3.43. The van der Waals surface area contributed by atoms with Gasteiger partial charge in [-0.05, 0) is 44.2 Å². The number of unbranched alkanes of at least 4 members (excludes halogenated alkanes) is 2. The lowest BCUT2D eigenvalue weighted by Gasteiger charge is -2.30. The summed E-state index contributed by atoms with van der Waals surface area (Å²) in [6.07, 6.45) is 12.2. The highest BCUT2D eigenvalue weighted by atomic mass is 32.2. The molecule has 0 spiro atoms. The van der Waals surface area contributed by atoms with Crippen LogP contribution in [0.1, 0.15) is 57.4 Å². The molecule has 2 rings (SSSR count). The van der Waals surface area contributed by atoms with Crippen LogP contribution < -0.4 is 4.72 Å². The van der Waals surface area contributed by atoms with Gasteiger partial charge in [-0.2, -0.15) is 0 Å². The smallest absolute Gasteiger partial charge is 0.207 e. The molecule has 0 saturated heterocycles. The third-order valence-electron chi connectivity index (χ3n) is 4.56. The molecule has 1 aliphatic carbocycles. The zero-order valence-electron chi connectivity index (χ0n) is 14.3. The summed E-state index contributed by atoms with van der Waals surface area (Å²) in [5, 5.41) is 0. The van der Waals surface area contributed by atoms with Crippen molar-refractivity contribution in [1.29, 1.82) is 0 Å². The molecule has 0 bridgehead atoms. The van der Waals surface area contributed by atoms with E-state index >= 15 is 0 Å². The fourth-order valence-electron chi connectivity index (χ4n) is 3.11. The maximum absolute atomic E-state index is 12.6. The maximum atomic E-state index is 12.6. The van der Waals surface area contributed by atoms with Crippen molar-refractivity contribution >= 4 is 10.0 Å². The summed E-state index contributed by atoms with van der Waals surface area (Å²) in [6.45, 7) is 4.15. The quantitative estimate of drug-likeness (QED) is 0.585. The summed E-state index contributed by atoms with van der Waals surface area (Å²) < 4.78 is 28.1. The summed E-state index contributed by atoms with van der Waals surface area (Å²) in [5.74, 6) is 0.320. The van der Waals surface area contributed by atoms with Gasteiger partial charge in [-0.3, -0.25) is 0 Å². The van der Waals surface area contributed by atoms with E-state index in [1.54, 1.807) is 12.1 Å². The van der Waals surface area contributed by atoms with Crippen molar-refractivity contribution in [3.8, 4) is 0 Å². The number of allylic oxidation sites excluding steroid dienone is 1. The Labute approximate surface area is 141 Å². The van der Waals surface area contributed by atoms with E-state index in [0.717, 1.165) is 31.2 Å². The van der Waals surface area contributed by atoms with Crippen LogP contribution in [0.25, 0.3) is 0 Å². The molecule has 0 radical (unpaired) electrons. The minimum atomic E-state index is -3.43. The van der Waals surface area contributed by atoms with Gasteiger partial charge in [-0.15, -0.1) is 0 Å². The van der Waals surface area contributed by atoms with Gasteiger partial charge < -0.3 is 0 Å². The maximum Gasteiger partial charge on any atom is 0.240 e. The van der Waals surface area contributed by atoms with Gasteiger partial charge in [0.05, 0.1) is 4.90 Å². The SMILES string of the molecule is CCCC/C=C/[C@@H]1CCCC[C@@H]1NS(=O)(=O)c1ccc(C)cc1. The highest BCUT2D eigenvalue weighted by Crippen LogP contribution is 2.27. The number of nitrogens with one attached hydrogen (secondary N) is 1. The fraction of sp³-hybridized carbons (Fsp3) is 0.579. The Kier molecular flexibility index (Phi) is 6.85. The summed E-state index contributed by atoms with van der Waals surface area (Å²) in [5.41, 5.74) is 1.07. The lowest BCUT2D eigenvalue weighted by Crippen LogP contribution is -2.41. The molecule has 1 aliphatic rings. The van der Waals surface area contributed by atoms with Crippen molar-refractivity contribution in [2.24, 2.45) is 5.92 Å². The molecule has 0 unspecified atom stereocenters. The van der Waals surface area contributed by atoms with Crippen LogP contribution >= 0.6 is 0 Å². The summed E-state index contributed by atoms with van der Waals surface area (Å²) >= 11 is 0. The Hall–Kier alpha value is -1.13. The molecule has 4 heteroatoms. The predicted molar refractivity (Wildman–Crippen MR) is 95.9 cm³/mol. The van der Waals surface area contributed by atoms with Crippen molar-refractivity contribution in [2.45, 2.75) is 69.7 Å². The first-order valence-corrected chi connectivity index (χ1v) is 10.3. The molecule has 1 N–H and O–H groups in total. The van der Waals surface area contributed by atoms with Crippen LogP contribution in [-0.2, 0) is 10.0 Å². The first kappa shape index (κ1) is 18.2. The standard InChI is InChI=1S/C19H29NO2S/c1-3-4-5-6-9-17-10-7-8-11-19(17)20-23(21,22)18-14-12-16(2)13-15-18/h6,9,12-15,17,19-20H,3-5,7-8,10-11H2,1-2H3/b9-6+/t17-,19+/m1/s1. The van der Waals surface area contributed by atoms with E-state index in [1.165, 1.54) is 19.3 Å². The second kappa shape index (κ2) is 8.65. The zero-order valence-corrected chi connectivity index (χ0v) is 15.1. The minimum Gasteiger partial charge on any atom is -0.207 e. The molecular weight excluding hydrogens is 306 g/mol. The first-order valence-electron chi connectivity index (χ1n) is 8.78. The monoisotopic (exact) mass is 335 g/mol. The van der Waals surface area contributed by atoms with Gasteiger partial charge in [0, 0.05) is 6.04 Å². The number of aryl methyl sites for hydroxylation is 1. The van der Waals surface area contributed by atoms with Gasteiger partial charge >= 0.3 is 0 Å². The molecular formula is C19H29NO2S. The predicted octanol–water partition coefficient (Wildman–Crippen LogP) is 4.58. The van der Waals surface area contributed by atoms with Crippen LogP contribution in [0.4, 0.5) is 0 Å².